The lowest BCUT2D eigenvalue weighted by atomic mass is 10.1. The van der Waals surface area contributed by atoms with Crippen molar-refractivity contribution in [3.8, 4) is 23.0 Å². The molecule has 0 fully saturated rings. The van der Waals surface area contributed by atoms with Crippen molar-refractivity contribution < 1.29 is 32.2 Å². The lowest BCUT2D eigenvalue weighted by Crippen LogP contribution is -2.37. The van der Waals surface area contributed by atoms with E-state index in [1.807, 2.05) is 6.92 Å². The molecule has 0 bridgehead atoms. The molecule has 0 heterocycles. The van der Waals surface area contributed by atoms with E-state index < -0.39 is 15.9 Å². The highest BCUT2D eigenvalue weighted by Gasteiger charge is 2.33. The van der Waals surface area contributed by atoms with Crippen molar-refractivity contribution in [3.63, 3.8) is 0 Å². The Bertz CT molecular complexity index is 1220. The fraction of sp³-hybridized carbons (Fsp3) is 0.269. The predicted molar refractivity (Wildman–Crippen MR) is 133 cm³/mol. The first-order valence-corrected chi connectivity index (χ1v) is 12.7. The first kappa shape index (κ1) is 25.9. The second kappa shape index (κ2) is 11.6. The van der Waals surface area contributed by atoms with E-state index in [-0.39, 0.29) is 27.6 Å². The van der Waals surface area contributed by atoms with Crippen LogP contribution in [0.15, 0.2) is 71.6 Å². The van der Waals surface area contributed by atoms with Gasteiger partial charge in [0.25, 0.3) is 15.9 Å². The van der Waals surface area contributed by atoms with Crippen molar-refractivity contribution in [2.75, 3.05) is 31.2 Å². The number of carbonyl (C=O) groups is 1. The Morgan fingerprint density at radius 1 is 0.800 bits per heavy atom. The summed E-state index contributed by atoms with van der Waals surface area (Å²) in [6.45, 7) is 6.40. The third kappa shape index (κ3) is 5.68. The van der Waals surface area contributed by atoms with Gasteiger partial charge < -0.3 is 18.9 Å². The Kier molecular flexibility index (Phi) is 8.59. The van der Waals surface area contributed by atoms with E-state index in [1.165, 1.54) is 43.5 Å². The second-order valence-electron chi connectivity index (χ2n) is 7.19. The average molecular weight is 500 g/mol. The first-order valence-electron chi connectivity index (χ1n) is 11.2. The van der Waals surface area contributed by atoms with Gasteiger partial charge in [0.15, 0.2) is 11.5 Å². The Hall–Kier alpha value is -3.72. The lowest BCUT2D eigenvalue weighted by molar-refractivity contribution is 0.100. The van der Waals surface area contributed by atoms with Gasteiger partial charge in [0.05, 0.1) is 37.5 Å². The molecule has 35 heavy (non-hydrogen) atoms. The zero-order valence-electron chi connectivity index (χ0n) is 20.2. The van der Waals surface area contributed by atoms with Gasteiger partial charge >= 0.3 is 0 Å². The summed E-state index contributed by atoms with van der Waals surface area (Å²) in [7, 11) is -2.76. The van der Waals surface area contributed by atoms with Gasteiger partial charge in [-0.1, -0.05) is 18.2 Å². The minimum absolute atomic E-state index is 0.0230. The van der Waals surface area contributed by atoms with Gasteiger partial charge in [0.2, 0.25) is 5.75 Å². The van der Waals surface area contributed by atoms with Crippen LogP contribution in [0.1, 0.15) is 31.1 Å². The molecular weight excluding hydrogens is 470 g/mol. The van der Waals surface area contributed by atoms with Gasteiger partial charge in [0.1, 0.15) is 5.75 Å². The smallest absolute Gasteiger partial charge is 0.272 e. The van der Waals surface area contributed by atoms with Crippen molar-refractivity contribution in [1.29, 1.82) is 0 Å². The molecule has 0 saturated heterocycles. The van der Waals surface area contributed by atoms with Crippen LogP contribution in [0.2, 0.25) is 0 Å². The van der Waals surface area contributed by atoms with Crippen LogP contribution in [0.4, 0.5) is 5.69 Å². The monoisotopic (exact) mass is 499 g/mol. The van der Waals surface area contributed by atoms with E-state index in [2.05, 4.69) is 0 Å². The highest BCUT2D eigenvalue weighted by Crippen LogP contribution is 2.40. The number of methoxy groups -OCH3 is 1. The number of carbonyl (C=O) groups excluding carboxylic acids is 1. The molecule has 8 nitrogen and oxygen atoms in total. The summed E-state index contributed by atoms with van der Waals surface area (Å²) in [5.74, 6) is 0.682. The maximum Gasteiger partial charge on any atom is 0.272 e. The normalized spacial score (nSPS) is 11.0. The summed E-state index contributed by atoms with van der Waals surface area (Å²) in [6, 6.07) is 16.9. The molecule has 186 valence electrons. The maximum absolute atomic E-state index is 13.9. The molecule has 3 aromatic rings. The third-order valence-electron chi connectivity index (χ3n) is 4.93. The summed E-state index contributed by atoms with van der Waals surface area (Å²) in [4.78, 5) is 13.8. The van der Waals surface area contributed by atoms with Gasteiger partial charge in [-0.15, -0.1) is 0 Å². The fourth-order valence-corrected chi connectivity index (χ4v) is 4.84. The SMILES string of the molecule is CCOc1cc(C(=O)N(c2ccc(OC)cc2)S(=O)(=O)c2ccccc2)cc(OCC)c1OCC. The van der Waals surface area contributed by atoms with Crippen molar-refractivity contribution in [3.05, 3.63) is 72.3 Å². The van der Waals surface area contributed by atoms with Gasteiger partial charge in [-0.25, -0.2) is 8.42 Å². The number of hydrogen-bond acceptors (Lipinski definition) is 7. The van der Waals surface area contributed by atoms with Crippen molar-refractivity contribution in [1.82, 2.24) is 0 Å². The van der Waals surface area contributed by atoms with E-state index in [0.717, 1.165) is 4.31 Å². The van der Waals surface area contributed by atoms with Crippen LogP contribution in [0.5, 0.6) is 23.0 Å². The Balaban J connectivity index is 2.21. The van der Waals surface area contributed by atoms with Crippen LogP contribution in [0.25, 0.3) is 0 Å². The summed E-state index contributed by atoms with van der Waals surface area (Å²) in [5, 5.41) is 0. The van der Waals surface area contributed by atoms with Crippen LogP contribution in [0.3, 0.4) is 0 Å². The molecule has 3 rings (SSSR count). The zero-order valence-corrected chi connectivity index (χ0v) is 21.0. The molecule has 0 aliphatic carbocycles. The molecule has 0 aromatic heterocycles. The standard InChI is InChI=1S/C26H29NO7S/c1-5-32-23-17-19(18-24(33-6-2)25(23)34-7-3)26(28)27(20-13-15-21(31-4)16-14-20)35(29,30)22-11-9-8-10-12-22/h8-18H,5-7H2,1-4H3. The summed E-state index contributed by atoms with van der Waals surface area (Å²) < 4.78 is 50.4. The summed E-state index contributed by atoms with van der Waals surface area (Å²) in [5.41, 5.74) is 0.222. The molecule has 0 spiro atoms. The Morgan fingerprint density at radius 3 is 1.83 bits per heavy atom. The van der Waals surface area contributed by atoms with Crippen LogP contribution >= 0.6 is 0 Å². The molecule has 0 saturated carbocycles. The van der Waals surface area contributed by atoms with Crippen LogP contribution in [-0.4, -0.2) is 41.3 Å². The van der Waals surface area contributed by atoms with E-state index in [4.69, 9.17) is 18.9 Å². The highest BCUT2D eigenvalue weighted by atomic mass is 32.2. The maximum atomic E-state index is 13.9. The minimum Gasteiger partial charge on any atom is -0.497 e. The molecule has 0 N–H and O–H groups in total. The average Bonchev–Trinajstić information content (AvgIpc) is 2.87. The van der Waals surface area contributed by atoms with Crippen molar-refractivity contribution >= 4 is 21.6 Å². The number of amides is 1. The first-order chi connectivity index (χ1) is 16.9. The van der Waals surface area contributed by atoms with E-state index in [1.54, 1.807) is 44.2 Å². The van der Waals surface area contributed by atoms with Crippen LogP contribution in [-0.2, 0) is 10.0 Å². The highest BCUT2D eigenvalue weighted by molar-refractivity contribution is 7.93. The summed E-state index contributed by atoms with van der Waals surface area (Å²) >= 11 is 0. The predicted octanol–water partition coefficient (Wildman–Crippen LogP) is 4.93. The molecule has 0 aliphatic rings. The molecule has 9 heteroatoms. The lowest BCUT2D eigenvalue weighted by Gasteiger charge is -2.24. The van der Waals surface area contributed by atoms with Crippen LogP contribution in [0, 0.1) is 0 Å². The number of ether oxygens (including phenoxy) is 4. The molecule has 0 radical (unpaired) electrons. The van der Waals surface area contributed by atoms with E-state index in [0.29, 0.717) is 31.3 Å². The Labute approximate surface area is 206 Å². The second-order valence-corrected chi connectivity index (χ2v) is 8.97. The van der Waals surface area contributed by atoms with E-state index in [9.17, 15) is 13.2 Å². The number of nitrogens with zero attached hydrogens (tertiary/aromatic N) is 1. The van der Waals surface area contributed by atoms with Gasteiger partial charge in [-0.05, 0) is 69.3 Å². The topological polar surface area (TPSA) is 91.4 Å². The molecule has 0 unspecified atom stereocenters. The van der Waals surface area contributed by atoms with E-state index >= 15 is 0 Å². The number of rotatable bonds is 11. The number of benzene rings is 3. The quantitative estimate of drug-likeness (QED) is 0.370. The van der Waals surface area contributed by atoms with Crippen molar-refractivity contribution in [2.24, 2.45) is 0 Å². The molecule has 0 aliphatic heterocycles. The van der Waals surface area contributed by atoms with Gasteiger partial charge in [-0.3, -0.25) is 4.79 Å². The summed E-state index contributed by atoms with van der Waals surface area (Å²) in [6.07, 6.45) is 0. The number of hydrogen-bond donors (Lipinski definition) is 0. The minimum atomic E-state index is -4.26. The van der Waals surface area contributed by atoms with Crippen LogP contribution < -0.4 is 23.3 Å². The molecular formula is C26H29NO7S. The number of sulfonamides is 1. The fourth-order valence-electron chi connectivity index (χ4n) is 3.41. The molecule has 1 amide bonds. The zero-order chi connectivity index (χ0) is 25.4. The van der Waals surface area contributed by atoms with Gasteiger partial charge in [0, 0.05) is 5.56 Å². The molecule has 0 atom stereocenters. The largest absolute Gasteiger partial charge is 0.497 e. The molecule has 3 aromatic carbocycles. The number of anilines is 1. The van der Waals surface area contributed by atoms with Gasteiger partial charge in [-0.2, -0.15) is 4.31 Å². The van der Waals surface area contributed by atoms with Crippen molar-refractivity contribution in [2.45, 2.75) is 25.7 Å². The third-order valence-corrected chi connectivity index (χ3v) is 6.65. The Morgan fingerprint density at radius 2 is 1.34 bits per heavy atom.